The highest BCUT2D eigenvalue weighted by molar-refractivity contribution is 5.87. The first-order valence-corrected chi connectivity index (χ1v) is 10.7. The fourth-order valence-electron chi connectivity index (χ4n) is 4.11. The molecule has 31 heavy (non-hydrogen) atoms. The number of aromatic nitrogens is 4. The van der Waals surface area contributed by atoms with Gasteiger partial charge in [0.05, 0.1) is 30.8 Å². The van der Waals surface area contributed by atoms with E-state index in [1.165, 1.54) is 0 Å². The zero-order chi connectivity index (χ0) is 21.8. The second kappa shape index (κ2) is 9.30. The highest BCUT2D eigenvalue weighted by Crippen LogP contribution is 2.24. The molecule has 9 nitrogen and oxygen atoms in total. The van der Waals surface area contributed by atoms with Gasteiger partial charge in [0.25, 0.3) is 0 Å². The Morgan fingerprint density at radius 2 is 1.90 bits per heavy atom. The van der Waals surface area contributed by atoms with Crippen LogP contribution in [-0.4, -0.2) is 81.0 Å². The third-order valence-electron chi connectivity index (χ3n) is 5.96. The molecule has 1 atom stereocenters. The van der Waals surface area contributed by atoms with Crippen LogP contribution in [0.1, 0.15) is 13.3 Å². The number of piperazine rings is 1. The fourth-order valence-corrected chi connectivity index (χ4v) is 4.11. The molecule has 3 aromatic rings. The summed E-state index contributed by atoms with van der Waals surface area (Å²) in [4.78, 5) is 28.0. The molecule has 1 amide bonds. The van der Waals surface area contributed by atoms with Gasteiger partial charge in [0, 0.05) is 38.9 Å². The number of carbonyl (C=O) groups excluding carboxylic acids is 1. The van der Waals surface area contributed by atoms with Crippen molar-refractivity contribution in [1.29, 1.82) is 0 Å². The van der Waals surface area contributed by atoms with Crippen LogP contribution in [0.5, 0.6) is 0 Å². The molecule has 0 saturated carbocycles. The van der Waals surface area contributed by atoms with Crippen molar-refractivity contribution >= 4 is 28.4 Å². The third kappa shape index (κ3) is 4.32. The molecular formula is C22H29N7O2. The van der Waals surface area contributed by atoms with Gasteiger partial charge >= 0.3 is 0 Å². The highest BCUT2D eigenvalue weighted by atomic mass is 16.3. The quantitative estimate of drug-likeness (QED) is 0.612. The first-order valence-electron chi connectivity index (χ1n) is 10.7. The number of hydrogen-bond donors (Lipinski definition) is 1. The van der Waals surface area contributed by atoms with Crippen LogP contribution in [0.15, 0.2) is 42.9 Å². The fraction of sp³-hybridized carbons (Fsp3) is 0.455. The number of aryl methyl sites for hydroxylation is 1. The lowest BCUT2D eigenvalue weighted by Gasteiger charge is -2.38. The molecule has 0 radical (unpaired) electrons. The molecule has 9 heteroatoms. The maximum absolute atomic E-state index is 13.1. The Labute approximate surface area is 181 Å². The van der Waals surface area contributed by atoms with Crippen molar-refractivity contribution in [1.82, 2.24) is 24.6 Å². The molecule has 4 rings (SSSR count). The minimum atomic E-state index is -0.0903. The molecule has 1 N–H and O–H groups in total. The van der Waals surface area contributed by atoms with Gasteiger partial charge in [-0.25, -0.2) is 9.97 Å². The monoisotopic (exact) mass is 423 g/mol. The number of para-hydroxylation sites is 1. The summed E-state index contributed by atoms with van der Waals surface area (Å²) in [7, 11) is 1.87. The number of amides is 1. The second-order valence-corrected chi connectivity index (χ2v) is 7.78. The van der Waals surface area contributed by atoms with Crippen LogP contribution in [-0.2, 0) is 11.8 Å². The van der Waals surface area contributed by atoms with Crippen LogP contribution in [0, 0.1) is 0 Å². The van der Waals surface area contributed by atoms with Gasteiger partial charge in [0.1, 0.15) is 12.1 Å². The molecule has 0 unspecified atom stereocenters. The van der Waals surface area contributed by atoms with Gasteiger partial charge in [0.2, 0.25) is 5.91 Å². The summed E-state index contributed by atoms with van der Waals surface area (Å²) < 4.78 is 1.74. The van der Waals surface area contributed by atoms with E-state index in [9.17, 15) is 9.90 Å². The van der Waals surface area contributed by atoms with E-state index in [0.29, 0.717) is 26.2 Å². The predicted octanol–water partition coefficient (Wildman–Crippen LogP) is 1.29. The van der Waals surface area contributed by atoms with E-state index in [2.05, 4.69) is 20.0 Å². The summed E-state index contributed by atoms with van der Waals surface area (Å²) in [5, 5.41) is 15.0. The van der Waals surface area contributed by atoms with Crippen LogP contribution in [0.2, 0.25) is 0 Å². The standard InChI is InChI=1S/C22H29N7O2/c1-3-17(15-30)29(18-7-5-4-6-8-18)14-20(31)27-9-11-28(12-10-27)22-19-13-25-26(2)21(19)23-16-24-22/h4-8,13,16-17,30H,3,9-12,14-15H2,1-2H3/t17-/m1/s1. The van der Waals surface area contributed by atoms with Crippen LogP contribution in [0.3, 0.4) is 0 Å². The average Bonchev–Trinajstić information content (AvgIpc) is 3.20. The lowest BCUT2D eigenvalue weighted by atomic mass is 10.1. The molecule has 0 aliphatic carbocycles. The molecule has 1 aliphatic heterocycles. The van der Waals surface area contributed by atoms with Crippen molar-refractivity contribution in [2.75, 3.05) is 49.1 Å². The van der Waals surface area contributed by atoms with Crippen molar-refractivity contribution < 1.29 is 9.90 Å². The van der Waals surface area contributed by atoms with E-state index >= 15 is 0 Å². The Balaban J connectivity index is 1.43. The Kier molecular flexibility index (Phi) is 6.31. The smallest absolute Gasteiger partial charge is 0.242 e. The van der Waals surface area contributed by atoms with Gasteiger partial charge in [-0.05, 0) is 18.6 Å². The van der Waals surface area contributed by atoms with E-state index < -0.39 is 0 Å². The van der Waals surface area contributed by atoms with Gasteiger partial charge < -0.3 is 19.8 Å². The maximum atomic E-state index is 13.1. The van der Waals surface area contributed by atoms with Crippen LogP contribution in [0.25, 0.3) is 11.0 Å². The minimum absolute atomic E-state index is 0.0152. The summed E-state index contributed by atoms with van der Waals surface area (Å²) in [6, 6.07) is 9.74. The number of hydrogen-bond acceptors (Lipinski definition) is 7. The van der Waals surface area contributed by atoms with Gasteiger partial charge in [-0.1, -0.05) is 25.1 Å². The van der Waals surface area contributed by atoms with Crippen LogP contribution in [0.4, 0.5) is 11.5 Å². The molecule has 0 bridgehead atoms. The number of aliphatic hydroxyl groups excluding tert-OH is 1. The molecule has 3 heterocycles. The molecular weight excluding hydrogens is 394 g/mol. The van der Waals surface area contributed by atoms with E-state index in [4.69, 9.17) is 0 Å². The summed E-state index contributed by atoms with van der Waals surface area (Å²) in [6.07, 6.45) is 4.12. The lowest BCUT2D eigenvalue weighted by Crippen LogP contribution is -2.53. The normalized spacial score (nSPS) is 15.3. The summed E-state index contributed by atoms with van der Waals surface area (Å²) in [5.74, 6) is 0.937. The van der Waals surface area contributed by atoms with Crippen LogP contribution < -0.4 is 9.80 Å². The average molecular weight is 424 g/mol. The molecule has 1 aliphatic rings. The first kappa shape index (κ1) is 21.0. The van der Waals surface area contributed by atoms with Crippen molar-refractivity contribution in [2.45, 2.75) is 19.4 Å². The van der Waals surface area contributed by atoms with Gasteiger partial charge in [0.15, 0.2) is 5.65 Å². The first-order chi connectivity index (χ1) is 15.1. The maximum Gasteiger partial charge on any atom is 0.242 e. The predicted molar refractivity (Wildman–Crippen MR) is 120 cm³/mol. The zero-order valence-corrected chi connectivity index (χ0v) is 18.1. The van der Waals surface area contributed by atoms with Crippen molar-refractivity contribution in [3.63, 3.8) is 0 Å². The largest absolute Gasteiger partial charge is 0.394 e. The third-order valence-corrected chi connectivity index (χ3v) is 5.96. The number of fused-ring (bicyclic) bond motifs is 1. The van der Waals surface area contributed by atoms with Gasteiger partial charge in [-0.2, -0.15) is 5.10 Å². The summed E-state index contributed by atoms with van der Waals surface area (Å²) in [5.41, 5.74) is 1.76. The topological polar surface area (TPSA) is 90.6 Å². The van der Waals surface area contributed by atoms with Crippen molar-refractivity contribution in [3.05, 3.63) is 42.9 Å². The Morgan fingerprint density at radius 1 is 1.16 bits per heavy atom. The minimum Gasteiger partial charge on any atom is -0.394 e. The molecule has 1 fully saturated rings. The number of carbonyl (C=O) groups is 1. The number of anilines is 2. The Hall–Kier alpha value is -3.20. The second-order valence-electron chi connectivity index (χ2n) is 7.78. The molecule has 1 saturated heterocycles. The molecule has 164 valence electrons. The number of aliphatic hydroxyl groups is 1. The van der Waals surface area contributed by atoms with Crippen molar-refractivity contribution in [2.24, 2.45) is 7.05 Å². The van der Waals surface area contributed by atoms with Gasteiger partial charge in [-0.15, -0.1) is 0 Å². The van der Waals surface area contributed by atoms with Gasteiger partial charge in [-0.3, -0.25) is 9.48 Å². The number of rotatable bonds is 7. The Morgan fingerprint density at radius 3 is 2.58 bits per heavy atom. The van der Waals surface area contributed by atoms with E-state index in [1.807, 2.05) is 54.1 Å². The number of nitrogens with zero attached hydrogens (tertiary/aromatic N) is 7. The van der Waals surface area contributed by atoms with Crippen LogP contribution >= 0.6 is 0 Å². The summed E-state index contributed by atoms with van der Waals surface area (Å²) in [6.45, 7) is 4.96. The SMILES string of the molecule is CC[C@H](CO)N(CC(=O)N1CCN(c2ncnc3c2cnn3C)CC1)c1ccccc1. The van der Waals surface area contributed by atoms with E-state index in [1.54, 1.807) is 17.2 Å². The lowest BCUT2D eigenvalue weighted by molar-refractivity contribution is -0.130. The zero-order valence-electron chi connectivity index (χ0n) is 18.1. The highest BCUT2D eigenvalue weighted by Gasteiger charge is 2.27. The van der Waals surface area contributed by atoms with E-state index in [-0.39, 0.29) is 25.1 Å². The molecule has 0 spiro atoms. The molecule has 1 aromatic carbocycles. The molecule has 2 aromatic heterocycles. The van der Waals surface area contributed by atoms with E-state index in [0.717, 1.165) is 29.0 Å². The van der Waals surface area contributed by atoms with Crippen molar-refractivity contribution in [3.8, 4) is 0 Å². The number of benzene rings is 1. The summed E-state index contributed by atoms with van der Waals surface area (Å²) >= 11 is 0. The Bertz CT molecular complexity index is 1010.